The van der Waals surface area contributed by atoms with Gasteiger partial charge in [-0.15, -0.1) is 0 Å². The van der Waals surface area contributed by atoms with Gasteiger partial charge in [0.2, 0.25) is 11.8 Å². The van der Waals surface area contributed by atoms with E-state index in [2.05, 4.69) is 17.4 Å². The molecule has 1 atom stereocenters. The Kier molecular flexibility index (Phi) is 5.51. The molecule has 1 aromatic rings. The van der Waals surface area contributed by atoms with E-state index in [1.54, 1.807) is 6.92 Å². The Morgan fingerprint density at radius 2 is 1.88 bits per heavy atom. The number of nitrogens with one attached hydrogen (secondary N) is 1. The minimum atomic E-state index is 0.164. The summed E-state index contributed by atoms with van der Waals surface area (Å²) in [6, 6.07) is 11.0. The number of amides is 2. The highest BCUT2D eigenvalue weighted by atomic mass is 16.2. The van der Waals surface area contributed by atoms with Crippen molar-refractivity contribution in [2.75, 3.05) is 26.2 Å². The summed E-state index contributed by atoms with van der Waals surface area (Å²) >= 11 is 0. The Labute approximate surface area is 144 Å². The van der Waals surface area contributed by atoms with E-state index in [4.69, 9.17) is 0 Å². The van der Waals surface area contributed by atoms with E-state index in [1.165, 1.54) is 5.56 Å². The molecule has 24 heavy (non-hydrogen) atoms. The van der Waals surface area contributed by atoms with Crippen molar-refractivity contribution in [3.05, 3.63) is 35.9 Å². The molecule has 2 heterocycles. The molecule has 0 spiro atoms. The van der Waals surface area contributed by atoms with Crippen molar-refractivity contribution in [2.24, 2.45) is 0 Å². The molecule has 0 aromatic heterocycles. The van der Waals surface area contributed by atoms with Crippen LogP contribution in [0.2, 0.25) is 0 Å². The first-order valence-electron chi connectivity index (χ1n) is 8.95. The van der Waals surface area contributed by atoms with E-state index >= 15 is 0 Å². The monoisotopic (exact) mass is 329 g/mol. The van der Waals surface area contributed by atoms with E-state index in [-0.39, 0.29) is 17.9 Å². The summed E-state index contributed by atoms with van der Waals surface area (Å²) < 4.78 is 0. The lowest BCUT2D eigenvalue weighted by Crippen LogP contribution is -2.48. The predicted molar refractivity (Wildman–Crippen MR) is 93.5 cm³/mol. The average molecular weight is 329 g/mol. The molecule has 2 saturated heterocycles. The molecule has 5 heteroatoms. The zero-order valence-corrected chi connectivity index (χ0v) is 14.4. The molecule has 1 aromatic carbocycles. The third-order valence-electron chi connectivity index (χ3n) is 5.14. The average Bonchev–Trinajstić information content (AvgIpc) is 2.94. The number of nitrogens with zero attached hydrogens (tertiary/aromatic N) is 2. The second-order valence-electron chi connectivity index (χ2n) is 6.92. The zero-order valence-electron chi connectivity index (χ0n) is 14.4. The number of carbonyl (C=O) groups excluding carboxylic acids is 2. The topological polar surface area (TPSA) is 52.7 Å². The largest absolute Gasteiger partial charge is 0.343 e. The van der Waals surface area contributed by atoms with Crippen LogP contribution in [0.15, 0.2) is 30.3 Å². The summed E-state index contributed by atoms with van der Waals surface area (Å²) in [5, 5.41) is 3.64. The highest BCUT2D eigenvalue weighted by molar-refractivity contribution is 5.79. The molecule has 3 rings (SSSR count). The van der Waals surface area contributed by atoms with Gasteiger partial charge in [0.1, 0.15) is 0 Å². The van der Waals surface area contributed by atoms with Crippen molar-refractivity contribution < 1.29 is 9.59 Å². The molecule has 0 saturated carbocycles. The maximum absolute atomic E-state index is 12.2. The maximum Gasteiger partial charge on any atom is 0.224 e. The first-order valence-corrected chi connectivity index (χ1v) is 8.95. The molecule has 130 valence electrons. The number of hydrogen-bond acceptors (Lipinski definition) is 3. The van der Waals surface area contributed by atoms with E-state index in [0.29, 0.717) is 12.5 Å². The predicted octanol–water partition coefficient (Wildman–Crippen LogP) is 1.43. The lowest BCUT2D eigenvalue weighted by molar-refractivity contribution is -0.130. The summed E-state index contributed by atoms with van der Waals surface area (Å²) in [5.74, 6) is 0.418. The highest BCUT2D eigenvalue weighted by Gasteiger charge is 2.31. The van der Waals surface area contributed by atoms with Gasteiger partial charge in [0.25, 0.3) is 0 Å². The Balaban J connectivity index is 1.43. The van der Waals surface area contributed by atoms with Crippen LogP contribution in [-0.2, 0) is 16.0 Å². The number of hydrogen-bond donors (Lipinski definition) is 1. The fraction of sp³-hybridized carbons (Fsp3) is 0.579. The highest BCUT2D eigenvalue weighted by Crippen LogP contribution is 2.17. The third kappa shape index (κ3) is 4.35. The minimum absolute atomic E-state index is 0.164. The van der Waals surface area contributed by atoms with Crippen LogP contribution in [0, 0.1) is 0 Å². The Hall–Kier alpha value is -1.88. The van der Waals surface area contributed by atoms with Crippen molar-refractivity contribution in [3.8, 4) is 0 Å². The maximum atomic E-state index is 12.2. The molecule has 0 bridgehead atoms. The molecule has 5 nitrogen and oxygen atoms in total. The van der Waals surface area contributed by atoms with E-state index in [0.717, 1.165) is 45.4 Å². The molecular formula is C19H27N3O2. The first kappa shape index (κ1) is 17.0. The zero-order chi connectivity index (χ0) is 16.9. The summed E-state index contributed by atoms with van der Waals surface area (Å²) in [6.07, 6.45) is 3.47. The summed E-state index contributed by atoms with van der Waals surface area (Å²) in [7, 11) is 0. The molecule has 1 N–H and O–H groups in total. The van der Waals surface area contributed by atoms with Gasteiger partial charge in [-0.05, 0) is 24.8 Å². The second-order valence-corrected chi connectivity index (χ2v) is 6.92. The summed E-state index contributed by atoms with van der Waals surface area (Å²) in [5.41, 5.74) is 1.28. The van der Waals surface area contributed by atoms with Crippen molar-refractivity contribution in [1.82, 2.24) is 15.1 Å². The van der Waals surface area contributed by atoms with E-state index < -0.39 is 0 Å². The van der Waals surface area contributed by atoms with Crippen molar-refractivity contribution in [1.29, 1.82) is 0 Å². The summed E-state index contributed by atoms with van der Waals surface area (Å²) in [4.78, 5) is 27.5. The molecule has 2 aliphatic heterocycles. The quantitative estimate of drug-likeness (QED) is 0.889. The standard InChI is InChI=1S/C19H27N3O2/c1-15(23)21-11-8-17(9-12-21)20-18-13-19(24)22(14-18)10-7-16-5-3-2-4-6-16/h2-6,17-18,20H,7-14H2,1H3/t18-/m1/s1. The number of rotatable bonds is 5. The van der Waals surface area contributed by atoms with Crippen LogP contribution >= 0.6 is 0 Å². The van der Waals surface area contributed by atoms with E-state index in [1.807, 2.05) is 28.0 Å². The van der Waals surface area contributed by atoms with Gasteiger partial charge in [-0.25, -0.2) is 0 Å². The minimum Gasteiger partial charge on any atom is -0.343 e. The van der Waals surface area contributed by atoms with Gasteiger partial charge in [-0.1, -0.05) is 30.3 Å². The van der Waals surface area contributed by atoms with Gasteiger partial charge in [-0.2, -0.15) is 0 Å². The Morgan fingerprint density at radius 1 is 1.17 bits per heavy atom. The van der Waals surface area contributed by atoms with Gasteiger partial charge in [-0.3, -0.25) is 9.59 Å². The molecule has 0 radical (unpaired) electrons. The molecular weight excluding hydrogens is 302 g/mol. The molecule has 0 unspecified atom stereocenters. The van der Waals surface area contributed by atoms with Crippen LogP contribution in [-0.4, -0.2) is 59.9 Å². The van der Waals surface area contributed by atoms with Crippen molar-refractivity contribution >= 4 is 11.8 Å². The fourth-order valence-electron chi connectivity index (χ4n) is 3.70. The van der Waals surface area contributed by atoms with Crippen LogP contribution in [0.5, 0.6) is 0 Å². The smallest absolute Gasteiger partial charge is 0.224 e. The first-order chi connectivity index (χ1) is 11.6. The Morgan fingerprint density at radius 3 is 2.54 bits per heavy atom. The van der Waals surface area contributed by atoms with Crippen LogP contribution in [0.4, 0.5) is 0 Å². The lowest BCUT2D eigenvalue weighted by Gasteiger charge is -2.33. The number of benzene rings is 1. The van der Waals surface area contributed by atoms with Gasteiger partial charge in [0.05, 0.1) is 0 Å². The van der Waals surface area contributed by atoms with Gasteiger partial charge >= 0.3 is 0 Å². The molecule has 2 aliphatic rings. The second kappa shape index (κ2) is 7.79. The summed E-state index contributed by atoms with van der Waals surface area (Å²) in [6.45, 7) is 4.88. The molecule has 0 aliphatic carbocycles. The normalized spacial score (nSPS) is 22.2. The lowest BCUT2D eigenvalue weighted by atomic mass is 10.0. The molecule has 2 amide bonds. The Bertz CT molecular complexity index is 567. The van der Waals surface area contributed by atoms with Crippen LogP contribution < -0.4 is 5.32 Å². The van der Waals surface area contributed by atoms with Crippen LogP contribution in [0.25, 0.3) is 0 Å². The van der Waals surface area contributed by atoms with Gasteiger partial charge < -0.3 is 15.1 Å². The van der Waals surface area contributed by atoms with Gasteiger partial charge in [0, 0.05) is 51.6 Å². The fourth-order valence-corrected chi connectivity index (χ4v) is 3.70. The molecule has 2 fully saturated rings. The SMILES string of the molecule is CC(=O)N1CCC(N[C@@H]2CC(=O)N(CCc3ccccc3)C2)CC1. The van der Waals surface area contributed by atoms with Crippen molar-refractivity contribution in [3.63, 3.8) is 0 Å². The van der Waals surface area contributed by atoms with Gasteiger partial charge in [0.15, 0.2) is 0 Å². The number of carbonyl (C=O) groups is 2. The van der Waals surface area contributed by atoms with Crippen molar-refractivity contribution in [2.45, 2.75) is 44.7 Å². The number of likely N-dealkylation sites (tertiary alicyclic amines) is 2. The third-order valence-corrected chi connectivity index (χ3v) is 5.14. The van der Waals surface area contributed by atoms with E-state index in [9.17, 15) is 9.59 Å². The van der Waals surface area contributed by atoms with Crippen LogP contribution in [0.3, 0.4) is 0 Å². The number of piperidine rings is 1. The van der Waals surface area contributed by atoms with Crippen LogP contribution in [0.1, 0.15) is 31.7 Å².